The number of anilines is 1. The van der Waals surface area contributed by atoms with Gasteiger partial charge in [0.25, 0.3) is 5.91 Å². The first kappa shape index (κ1) is 30.9. The van der Waals surface area contributed by atoms with Crippen molar-refractivity contribution in [1.29, 1.82) is 0 Å². The number of ketones is 1. The molecule has 7 rings (SSSR count). The van der Waals surface area contributed by atoms with Crippen LogP contribution in [-0.2, 0) is 23.1 Å². The van der Waals surface area contributed by atoms with Crippen LogP contribution in [0.4, 0.5) is 5.69 Å². The predicted molar refractivity (Wildman–Crippen MR) is 187 cm³/mol. The normalized spacial score (nSPS) is 20.1. The fraction of sp³-hybridized carbons (Fsp3) is 0.488. The average Bonchev–Trinajstić information content (AvgIpc) is 3.00. The Bertz CT molecular complexity index is 1900. The van der Waals surface area contributed by atoms with Crippen LogP contribution < -0.4 is 15.5 Å². The van der Waals surface area contributed by atoms with Gasteiger partial charge in [-0.05, 0) is 139 Å². The Morgan fingerprint density at radius 2 is 1.74 bits per heavy atom. The van der Waals surface area contributed by atoms with Crippen molar-refractivity contribution in [3.8, 4) is 0 Å². The summed E-state index contributed by atoms with van der Waals surface area (Å²) in [6, 6.07) is 15.6. The number of hydrogen-bond acceptors (Lipinski definition) is 4. The Labute approximate surface area is 274 Å². The van der Waals surface area contributed by atoms with Gasteiger partial charge in [-0.2, -0.15) is 0 Å². The summed E-state index contributed by atoms with van der Waals surface area (Å²) < 4.78 is 0. The highest BCUT2D eigenvalue weighted by Crippen LogP contribution is 2.49. The molecule has 46 heavy (non-hydrogen) atoms. The quantitative estimate of drug-likeness (QED) is 0.313. The van der Waals surface area contributed by atoms with E-state index in [1.54, 1.807) is 11.8 Å². The lowest BCUT2D eigenvalue weighted by Gasteiger charge is -2.44. The van der Waals surface area contributed by atoms with E-state index in [0.29, 0.717) is 25.3 Å². The van der Waals surface area contributed by atoms with Crippen LogP contribution in [0.15, 0.2) is 47.5 Å². The number of Topliss-reactive ketones (excluding diaryl/α,β-unsaturated/α-hetero) is 1. The van der Waals surface area contributed by atoms with Gasteiger partial charge in [0.2, 0.25) is 0 Å². The van der Waals surface area contributed by atoms with E-state index in [-0.39, 0.29) is 22.6 Å². The molecule has 5 heteroatoms. The zero-order valence-corrected chi connectivity index (χ0v) is 28.8. The molecule has 1 aliphatic carbocycles. The summed E-state index contributed by atoms with van der Waals surface area (Å²) in [6.07, 6.45) is 6.72. The molecule has 240 valence electrons. The number of nitrogens with zero attached hydrogens (tertiary/aromatic N) is 3. The molecule has 0 saturated carbocycles. The summed E-state index contributed by atoms with van der Waals surface area (Å²) in [6.45, 7) is 16.1. The predicted octanol–water partition coefficient (Wildman–Crippen LogP) is 6.62. The van der Waals surface area contributed by atoms with Gasteiger partial charge in [0.05, 0.1) is 10.9 Å². The molecule has 0 saturated heterocycles. The number of hydrogen-bond donors (Lipinski definition) is 0. The van der Waals surface area contributed by atoms with Gasteiger partial charge in [-0.3, -0.25) is 9.79 Å². The van der Waals surface area contributed by atoms with Crippen LogP contribution in [0.25, 0.3) is 5.57 Å². The third-order valence-electron chi connectivity index (χ3n) is 11.1. The maximum Gasteiger partial charge on any atom is 0.254 e. The van der Waals surface area contributed by atoms with Crippen molar-refractivity contribution in [2.75, 3.05) is 31.6 Å². The van der Waals surface area contributed by atoms with Crippen molar-refractivity contribution in [1.82, 2.24) is 4.90 Å². The van der Waals surface area contributed by atoms with Crippen LogP contribution in [0.1, 0.15) is 129 Å². The van der Waals surface area contributed by atoms with E-state index in [1.165, 1.54) is 62.7 Å². The van der Waals surface area contributed by atoms with Crippen molar-refractivity contribution in [3.05, 3.63) is 97.5 Å². The zero-order chi connectivity index (χ0) is 32.5. The van der Waals surface area contributed by atoms with Gasteiger partial charge in [0, 0.05) is 49.8 Å². The Kier molecular flexibility index (Phi) is 7.53. The molecular formula is C41H49N3O2. The number of carbonyl (C=O) groups excluding carboxylic acids is 2. The highest BCUT2D eigenvalue weighted by atomic mass is 16.2. The minimum Gasteiger partial charge on any atom is -0.371 e. The summed E-state index contributed by atoms with van der Waals surface area (Å²) in [4.78, 5) is 35.6. The Morgan fingerprint density at radius 3 is 2.50 bits per heavy atom. The van der Waals surface area contributed by atoms with Crippen LogP contribution in [-0.4, -0.2) is 48.8 Å². The van der Waals surface area contributed by atoms with Crippen molar-refractivity contribution in [3.63, 3.8) is 0 Å². The van der Waals surface area contributed by atoms with E-state index in [2.05, 4.69) is 69.9 Å². The van der Waals surface area contributed by atoms with E-state index >= 15 is 0 Å². The second-order valence-electron chi connectivity index (χ2n) is 15.5. The van der Waals surface area contributed by atoms with Crippen molar-refractivity contribution in [2.45, 2.75) is 103 Å². The first-order valence-electron chi connectivity index (χ1n) is 17.4. The summed E-state index contributed by atoms with van der Waals surface area (Å²) >= 11 is 0. The Morgan fingerprint density at radius 1 is 1.00 bits per heavy atom. The molecule has 1 amide bonds. The molecule has 0 fully saturated rings. The minimum absolute atomic E-state index is 0.00754. The maximum absolute atomic E-state index is 14.2. The molecule has 1 atom stereocenters. The number of fused-ring (bicyclic) bond motifs is 4. The number of carbonyl (C=O) groups is 2. The highest BCUT2D eigenvalue weighted by molar-refractivity contribution is 6.02. The van der Waals surface area contributed by atoms with E-state index in [4.69, 9.17) is 4.99 Å². The van der Waals surface area contributed by atoms with Crippen LogP contribution in [0, 0.1) is 0 Å². The van der Waals surface area contributed by atoms with E-state index in [1.807, 2.05) is 19.2 Å². The number of aryl methyl sites for hydroxylation is 1. The van der Waals surface area contributed by atoms with Crippen molar-refractivity contribution < 1.29 is 9.59 Å². The monoisotopic (exact) mass is 615 g/mol. The van der Waals surface area contributed by atoms with Gasteiger partial charge in [0.15, 0.2) is 0 Å². The van der Waals surface area contributed by atoms with Gasteiger partial charge < -0.3 is 14.6 Å². The third-order valence-corrected chi connectivity index (χ3v) is 11.1. The molecule has 0 spiro atoms. The number of rotatable bonds is 6. The molecule has 5 nitrogen and oxygen atoms in total. The van der Waals surface area contributed by atoms with Crippen molar-refractivity contribution in [2.24, 2.45) is 4.99 Å². The molecule has 3 aromatic rings. The maximum atomic E-state index is 14.2. The van der Waals surface area contributed by atoms with Gasteiger partial charge in [-0.1, -0.05) is 39.0 Å². The lowest BCUT2D eigenvalue weighted by molar-refractivity contribution is -0.117. The lowest BCUT2D eigenvalue weighted by atomic mass is 9.64. The topological polar surface area (TPSA) is 53.0 Å². The van der Waals surface area contributed by atoms with Gasteiger partial charge in [-0.25, -0.2) is 0 Å². The third kappa shape index (κ3) is 5.02. The van der Waals surface area contributed by atoms with E-state index in [0.717, 1.165) is 48.8 Å². The second-order valence-corrected chi connectivity index (χ2v) is 15.5. The molecule has 3 heterocycles. The van der Waals surface area contributed by atoms with Crippen LogP contribution in [0.3, 0.4) is 0 Å². The minimum atomic E-state index is -0.225. The SMILES string of the molecule is CC(=O)CCCN(C)C(=O)c1ccccc1C1=c2cc3c(cc2C(C)(C)c2c1cc1c4c2CCCN4CCC1)=NC(C)(C)CC3C. The number of amides is 1. The second kappa shape index (κ2) is 11.2. The molecule has 3 aromatic carbocycles. The standard InChI is InChI=1S/C41H49N3O2/c1-25-24-40(3,4)42-35-23-34-32(22-31(25)35)36(28-15-8-9-16-29(28)39(46)43(7)18-10-13-26(2)45)33-21-27-14-11-19-44-20-12-17-30(38(27)44)37(33)41(34,5)6/h8-9,15-16,21-23,25H,10-14,17-20,24H2,1-7H3. The highest BCUT2D eigenvalue weighted by Gasteiger charge is 2.41. The summed E-state index contributed by atoms with van der Waals surface area (Å²) in [5.41, 5.74) is 12.4. The molecule has 0 radical (unpaired) electrons. The molecule has 0 aromatic heterocycles. The molecule has 0 N–H and O–H groups in total. The first-order valence-corrected chi connectivity index (χ1v) is 17.4. The fourth-order valence-corrected chi connectivity index (χ4v) is 9.15. The Balaban J connectivity index is 1.54. The van der Waals surface area contributed by atoms with Gasteiger partial charge in [0.1, 0.15) is 5.78 Å². The first-order chi connectivity index (χ1) is 21.9. The molecular weight excluding hydrogens is 566 g/mol. The number of benzene rings is 3. The van der Waals surface area contributed by atoms with Crippen LogP contribution >= 0.6 is 0 Å². The van der Waals surface area contributed by atoms with E-state index in [9.17, 15) is 9.59 Å². The summed E-state index contributed by atoms with van der Waals surface area (Å²) in [5, 5.41) is 2.37. The Hall–Kier alpha value is -3.73. The molecule has 1 unspecified atom stereocenters. The smallest absolute Gasteiger partial charge is 0.254 e. The molecule has 0 bridgehead atoms. The fourth-order valence-electron chi connectivity index (χ4n) is 9.15. The molecule has 4 aliphatic rings. The van der Waals surface area contributed by atoms with Crippen molar-refractivity contribution >= 4 is 23.0 Å². The van der Waals surface area contributed by atoms with E-state index < -0.39 is 0 Å². The van der Waals surface area contributed by atoms with Crippen LogP contribution in [0.5, 0.6) is 0 Å². The lowest BCUT2D eigenvalue weighted by Crippen LogP contribution is -2.42. The van der Waals surface area contributed by atoms with Crippen LogP contribution in [0.2, 0.25) is 0 Å². The average molecular weight is 616 g/mol. The summed E-state index contributed by atoms with van der Waals surface area (Å²) in [5.74, 6) is 0.558. The van der Waals surface area contributed by atoms with Gasteiger partial charge >= 0.3 is 0 Å². The molecule has 3 aliphatic heterocycles. The zero-order valence-electron chi connectivity index (χ0n) is 28.8. The largest absolute Gasteiger partial charge is 0.371 e. The van der Waals surface area contributed by atoms with Gasteiger partial charge in [-0.15, -0.1) is 0 Å². The summed E-state index contributed by atoms with van der Waals surface area (Å²) in [7, 11) is 1.87.